The van der Waals surface area contributed by atoms with Crippen LogP contribution in [0.4, 0.5) is 16.2 Å². The van der Waals surface area contributed by atoms with Crippen molar-refractivity contribution in [2.45, 2.75) is 0 Å². The standard InChI is InChI=1S/C24H21N5O5/c1-32-21-6-4-10-29(23(21)30)18-11-17(12-20(13-18)34-19-5-3-9-25-15-19)28-24(31)27-16-7-8-22(33-2)26-14-16/h3-15H,1-2H3,(H2,27,28,31). The van der Waals surface area contributed by atoms with Gasteiger partial charge in [0.05, 0.1) is 38.0 Å². The first-order valence-corrected chi connectivity index (χ1v) is 10.1. The van der Waals surface area contributed by atoms with Crippen LogP contribution in [0, 0.1) is 0 Å². The summed E-state index contributed by atoms with van der Waals surface area (Å²) in [5.41, 5.74) is 0.977. The van der Waals surface area contributed by atoms with E-state index in [2.05, 4.69) is 20.6 Å². The average molecular weight is 459 g/mol. The SMILES string of the molecule is COc1ccc(NC(=O)Nc2cc(Oc3cccnc3)cc(-n3cccc(OC)c3=O)c2)cn1. The summed E-state index contributed by atoms with van der Waals surface area (Å²) in [6.45, 7) is 0. The Kier molecular flexibility index (Phi) is 6.68. The lowest BCUT2D eigenvalue weighted by Gasteiger charge is -2.14. The molecule has 3 aromatic heterocycles. The molecule has 0 atom stereocenters. The molecular weight excluding hydrogens is 438 g/mol. The second-order valence-electron chi connectivity index (χ2n) is 6.93. The first-order chi connectivity index (χ1) is 16.6. The van der Waals surface area contributed by atoms with Crippen molar-refractivity contribution in [2.24, 2.45) is 0 Å². The van der Waals surface area contributed by atoms with Crippen LogP contribution in [0.15, 0.2) is 84.2 Å². The smallest absolute Gasteiger partial charge is 0.323 e. The molecule has 0 saturated carbocycles. The number of carbonyl (C=O) groups excluding carboxylic acids is 1. The Morgan fingerprint density at radius 1 is 0.912 bits per heavy atom. The van der Waals surface area contributed by atoms with Crippen LogP contribution in [0.3, 0.4) is 0 Å². The molecule has 0 unspecified atom stereocenters. The van der Waals surface area contributed by atoms with Crippen LogP contribution in [0.5, 0.6) is 23.1 Å². The van der Waals surface area contributed by atoms with Crippen molar-refractivity contribution in [3.63, 3.8) is 0 Å². The molecule has 0 aliphatic heterocycles. The van der Waals surface area contributed by atoms with Crippen molar-refractivity contribution in [3.05, 3.63) is 89.7 Å². The predicted molar refractivity (Wildman–Crippen MR) is 126 cm³/mol. The zero-order valence-electron chi connectivity index (χ0n) is 18.4. The summed E-state index contributed by atoms with van der Waals surface area (Å²) in [6.07, 6.45) is 6.26. The number of anilines is 2. The Bertz CT molecular complexity index is 1340. The molecule has 2 amide bonds. The second-order valence-corrected chi connectivity index (χ2v) is 6.93. The van der Waals surface area contributed by atoms with Gasteiger partial charge in [0.25, 0.3) is 5.56 Å². The zero-order valence-corrected chi connectivity index (χ0v) is 18.4. The van der Waals surface area contributed by atoms with Gasteiger partial charge in [-0.1, -0.05) is 0 Å². The normalized spacial score (nSPS) is 10.3. The van der Waals surface area contributed by atoms with Crippen LogP contribution in [0.1, 0.15) is 0 Å². The number of urea groups is 1. The molecule has 0 radical (unpaired) electrons. The van der Waals surface area contributed by atoms with Crippen LogP contribution >= 0.6 is 0 Å². The molecule has 0 aliphatic rings. The van der Waals surface area contributed by atoms with Gasteiger partial charge in [0, 0.05) is 36.3 Å². The summed E-state index contributed by atoms with van der Waals surface area (Å²) in [5, 5.41) is 5.44. The number of carbonyl (C=O) groups is 1. The van der Waals surface area contributed by atoms with Crippen molar-refractivity contribution in [3.8, 4) is 28.8 Å². The van der Waals surface area contributed by atoms with Gasteiger partial charge >= 0.3 is 6.03 Å². The van der Waals surface area contributed by atoms with Crippen molar-refractivity contribution in [1.29, 1.82) is 0 Å². The fourth-order valence-corrected chi connectivity index (χ4v) is 3.10. The van der Waals surface area contributed by atoms with Gasteiger partial charge < -0.3 is 24.8 Å². The van der Waals surface area contributed by atoms with Crippen molar-refractivity contribution in [2.75, 3.05) is 24.9 Å². The number of methoxy groups -OCH3 is 2. The number of pyridine rings is 3. The maximum absolute atomic E-state index is 12.8. The van der Waals surface area contributed by atoms with E-state index in [4.69, 9.17) is 14.2 Å². The van der Waals surface area contributed by atoms with E-state index >= 15 is 0 Å². The lowest BCUT2D eigenvalue weighted by Crippen LogP contribution is -2.21. The van der Waals surface area contributed by atoms with Crippen LogP contribution < -0.4 is 30.4 Å². The number of rotatable bonds is 7. The van der Waals surface area contributed by atoms with Gasteiger partial charge in [-0.05, 0) is 36.4 Å². The summed E-state index contributed by atoms with van der Waals surface area (Å²) < 4.78 is 17.5. The van der Waals surface area contributed by atoms with Gasteiger partial charge in [0.2, 0.25) is 5.88 Å². The highest BCUT2D eigenvalue weighted by Crippen LogP contribution is 2.28. The maximum Gasteiger partial charge on any atom is 0.323 e. The third-order valence-corrected chi connectivity index (χ3v) is 4.63. The van der Waals surface area contributed by atoms with Gasteiger partial charge in [-0.2, -0.15) is 0 Å². The quantitative estimate of drug-likeness (QED) is 0.428. The molecule has 0 aliphatic carbocycles. The van der Waals surface area contributed by atoms with Crippen LogP contribution in [-0.4, -0.2) is 34.8 Å². The summed E-state index contributed by atoms with van der Waals surface area (Å²) in [6, 6.07) is 14.5. The first kappa shape index (κ1) is 22.3. The molecule has 1 aromatic carbocycles. The Morgan fingerprint density at radius 3 is 2.47 bits per heavy atom. The molecule has 2 N–H and O–H groups in total. The molecule has 0 saturated heterocycles. The second kappa shape index (κ2) is 10.2. The number of hydrogen-bond donors (Lipinski definition) is 2. The summed E-state index contributed by atoms with van der Waals surface area (Å²) in [4.78, 5) is 33.5. The highest BCUT2D eigenvalue weighted by molar-refractivity contribution is 6.00. The molecular formula is C24H21N5O5. The highest BCUT2D eigenvalue weighted by Gasteiger charge is 2.11. The molecule has 0 fully saturated rings. The summed E-state index contributed by atoms with van der Waals surface area (Å²) in [7, 11) is 2.93. The Labute approximate surface area is 194 Å². The molecule has 4 aromatic rings. The maximum atomic E-state index is 12.8. The first-order valence-electron chi connectivity index (χ1n) is 10.1. The molecule has 4 rings (SSSR count). The van der Waals surface area contributed by atoms with Gasteiger partial charge in [0.1, 0.15) is 11.5 Å². The number of ether oxygens (including phenoxy) is 3. The molecule has 172 valence electrons. The number of hydrogen-bond acceptors (Lipinski definition) is 7. The van der Waals surface area contributed by atoms with E-state index < -0.39 is 6.03 Å². The minimum Gasteiger partial charge on any atom is -0.491 e. The van der Waals surface area contributed by atoms with Gasteiger partial charge in [-0.25, -0.2) is 9.78 Å². The monoisotopic (exact) mass is 459 g/mol. The van der Waals surface area contributed by atoms with Crippen LogP contribution in [-0.2, 0) is 0 Å². The topological polar surface area (TPSA) is 117 Å². The minimum absolute atomic E-state index is 0.181. The van der Waals surface area contributed by atoms with Crippen molar-refractivity contribution < 1.29 is 19.0 Å². The lowest BCUT2D eigenvalue weighted by atomic mass is 10.2. The fourth-order valence-electron chi connectivity index (χ4n) is 3.10. The van der Waals surface area contributed by atoms with E-state index in [-0.39, 0.29) is 11.3 Å². The molecule has 10 heteroatoms. The van der Waals surface area contributed by atoms with Gasteiger partial charge in [-0.3, -0.25) is 14.3 Å². The predicted octanol–water partition coefficient (Wildman–Crippen LogP) is 4.08. The average Bonchev–Trinajstić information content (AvgIpc) is 2.85. The van der Waals surface area contributed by atoms with E-state index in [1.807, 2.05) is 0 Å². The summed E-state index contributed by atoms with van der Waals surface area (Å²) in [5.74, 6) is 1.50. The molecule has 10 nitrogen and oxygen atoms in total. The Morgan fingerprint density at radius 2 is 1.76 bits per heavy atom. The lowest BCUT2D eigenvalue weighted by molar-refractivity contribution is 0.262. The van der Waals surface area contributed by atoms with Gasteiger partial charge in [-0.15, -0.1) is 0 Å². The number of nitrogens with zero attached hydrogens (tertiary/aromatic N) is 3. The van der Waals surface area contributed by atoms with Crippen LogP contribution in [0.2, 0.25) is 0 Å². The Hall–Kier alpha value is -4.86. The van der Waals surface area contributed by atoms with E-state index in [1.165, 1.54) is 25.0 Å². The van der Waals surface area contributed by atoms with E-state index in [0.717, 1.165) is 0 Å². The largest absolute Gasteiger partial charge is 0.491 e. The van der Waals surface area contributed by atoms with Crippen molar-refractivity contribution >= 4 is 17.4 Å². The van der Waals surface area contributed by atoms with E-state index in [1.54, 1.807) is 73.2 Å². The van der Waals surface area contributed by atoms with E-state index in [9.17, 15) is 9.59 Å². The zero-order chi connectivity index (χ0) is 23.9. The Balaban J connectivity index is 1.65. The third-order valence-electron chi connectivity index (χ3n) is 4.63. The number of benzene rings is 1. The molecule has 0 bridgehead atoms. The van der Waals surface area contributed by atoms with Crippen LogP contribution in [0.25, 0.3) is 5.69 Å². The fraction of sp³-hybridized carbons (Fsp3) is 0.0833. The number of nitrogens with one attached hydrogen (secondary N) is 2. The molecule has 3 heterocycles. The van der Waals surface area contributed by atoms with E-state index in [0.29, 0.717) is 34.4 Å². The molecule has 0 spiro atoms. The van der Waals surface area contributed by atoms with Gasteiger partial charge in [0.15, 0.2) is 5.75 Å². The molecule has 34 heavy (non-hydrogen) atoms. The van der Waals surface area contributed by atoms with Crippen molar-refractivity contribution in [1.82, 2.24) is 14.5 Å². The number of aromatic nitrogens is 3. The minimum atomic E-state index is -0.505. The third kappa shape index (κ3) is 5.30. The summed E-state index contributed by atoms with van der Waals surface area (Å²) >= 11 is 0. The number of amides is 2. The highest BCUT2D eigenvalue weighted by atomic mass is 16.5.